The van der Waals surface area contributed by atoms with Gasteiger partial charge < -0.3 is 5.32 Å². The van der Waals surface area contributed by atoms with E-state index in [1.807, 2.05) is 23.1 Å². The Morgan fingerprint density at radius 2 is 1.81 bits per heavy atom. The molecule has 26 heavy (non-hydrogen) atoms. The highest BCUT2D eigenvalue weighted by Gasteiger charge is 2.12. The minimum Gasteiger partial charge on any atom is -0.347 e. The van der Waals surface area contributed by atoms with E-state index in [0.717, 1.165) is 22.1 Å². The van der Waals surface area contributed by atoms with Crippen molar-refractivity contribution >= 4 is 33.8 Å². The summed E-state index contributed by atoms with van der Waals surface area (Å²) in [5.74, 6) is 0.702. The number of nitrogens with one attached hydrogen (secondary N) is 1. The average Bonchev–Trinajstić information content (AvgIpc) is 3.30. The third-order valence-electron chi connectivity index (χ3n) is 3.93. The van der Waals surface area contributed by atoms with Gasteiger partial charge in [-0.05, 0) is 66.6 Å². The Morgan fingerprint density at radius 3 is 2.46 bits per heavy atom. The van der Waals surface area contributed by atoms with Gasteiger partial charge in [0.15, 0.2) is 11.0 Å². The molecule has 0 aliphatic heterocycles. The zero-order valence-electron chi connectivity index (χ0n) is 14.4. The lowest BCUT2D eigenvalue weighted by Crippen LogP contribution is -1.99. The molecule has 0 radical (unpaired) electrons. The Hall–Kier alpha value is -2.64. The first-order valence-electron chi connectivity index (χ1n) is 8.07. The maximum atomic E-state index is 4.68. The van der Waals surface area contributed by atoms with Gasteiger partial charge in [0, 0.05) is 23.6 Å². The normalized spacial score (nSPS) is 10.8. The van der Waals surface area contributed by atoms with Crippen LogP contribution >= 0.6 is 23.1 Å². The van der Waals surface area contributed by atoms with Gasteiger partial charge in [0.2, 0.25) is 0 Å². The number of hydrogen-bond acceptors (Lipinski definition) is 6. The zero-order valence-corrected chi connectivity index (χ0v) is 16.0. The van der Waals surface area contributed by atoms with Crippen molar-refractivity contribution in [3.63, 3.8) is 0 Å². The summed E-state index contributed by atoms with van der Waals surface area (Å²) in [5.41, 5.74) is 4.25. The number of thiophene rings is 1. The molecular formula is C19H17N5S2. The van der Waals surface area contributed by atoms with Crippen LogP contribution < -0.4 is 5.32 Å². The van der Waals surface area contributed by atoms with Gasteiger partial charge in [-0.15, -0.1) is 16.4 Å². The standard InChI is InChI=1S/C19H17N5S2/c1-13-9-12-26-18(13)21-15-3-5-16(6-4-15)24-19(25-2)22-17(23-24)14-7-10-20-11-8-14/h3-12,21H,1-2H3. The SMILES string of the molecule is CSc1nc(-c2ccncc2)nn1-c1ccc(Nc2sccc2C)cc1. The highest BCUT2D eigenvalue weighted by molar-refractivity contribution is 7.98. The third kappa shape index (κ3) is 3.36. The first-order chi connectivity index (χ1) is 12.7. The lowest BCUT2D eigenvalue weighted by atomic mass is 10.2. The Bertz CT molecular complexity index is 1010. The van der Waals surface area contributed by atoms with Crippen LogP contribution in [0.15, 0.2) is 65.4 Å². The average molecular weight is 380 g/mol. The lowest BCUT2D eigenvalue weighted by Gasteiger charge is -2.08. The Morgan fingerprint density at radius 1 is 1.04 bits per heavy atom. The van der Waals surface area contributed by atoms with E-state index in [1.165, 1.54) is 10.6 Å². The van der Waals surface area contributed by atoms with Crippen molar-refractivity contribution in [3.05, 3.63) is 65.8 Å². The molecule has 0 amide bonds. The van der Waals surface area contributed by atoms with Crippen molar-refractivity contribution in [2.75, 3.05) is 11.6 Å². The van der Waals surface area contributed by atoms with Crippen LogP contribution in [0.1, 0.15) is 5.56 Å². The van der Waals surface area contributed by atoms with E-state index in [0.29, 0.717) is 5.82 Å². The molecule has 0 aliphatic carbocycles. The zero-order chi connectivity index (χ0) is 17.9. The van der Waals surface area contributed by atoms with Crippen LogP contribution in [-0.4, -0.2) is 26.0 Å². The number of thioether (sulfide) groups is 1. The van der Waals surface area contributed by atoms with Crippen molar-refractivity contribution < 1.29 is 0 Å². The largest absolute Gasteiger partial charge is 0.347 e. The predicted octanol–water partition coefficient (Wildman–Crippen LogP) is 5.16. The molecule has 3 heterocycles. The van der Waals surface area contributed by atoms with Gasteiger partial charge in [-0.2, -0.15) is 0 Å². The number of aromatic nitrogens is 4. The van der Waals surface area contributed by atoms with Gasteiger partial charge in [-0.25, -0.2) is 9.67 Å². The van der Waals surface area contributed by atoms with Crippen LogP contribution in [0.25, 0.3) is 17.1 Å². The van der Waals surface area contributed by atoms with Gasteiger partial charge in [0.25, 0.3) is 0 Å². The number of rotatable bonds is 5. The summed E-state index contributed by atoms with van der Waals surface area (Å²) in [7, 11) is 0. The molecule has 4 aromatic rings. The van der Waals surface area contributed by atoms with Gasteiger partial charge in [0.05, 0.1) is 10.7 Å². The minimum atomic E-state index is 0.702. The van der Waals surface area contributed by atoms with Crippen molar-refractivity contribution in [2.45, 2.75) is 12.1 Å². The molecule has 1 aromatic carbocycles. The summed E-state index contributed by atoms with van der Waals surface area (Å²) in [6.07, 6.45) is 5.51. The number of nitrogens with zero attached hydrogens (tertiary/aromatic N) is 4. The molecule has 0 saturated carbocycles. The summed E-state index contributed by atoms with van der Waals surface area (Å²) < 4.78 is 1.88. The minimum absolute atomic E-state index is 0.702. The van der Waals surface area contributed by atoms with E-state index in [9.17, 15) is 0 Å². The Kier molecular flexibility index (Phi) is 4.73. The highest BCUT2D eigenvalue weighted by Crippen LogP contribution is 2.28. The number of pyridine rings is 1. The van der Waals surface area contributed by atoms with Crippen molar-refractivity contribution in [2.24, 2.45) is 0 Å². The molecule has 0 saturated heterocycles. The molecule has 0 spiro atoms. The van der Waals surface area contributed by atoms with Crippen LogP contribution in [-0.2, 0) is 0 Å². The molecule has 3 aromatic heterocycles. The lowest BCUT2D eigenvalue weighted by molar-refractivity contribution is 0.788. The maximum Gasteiger partial charge on any atom is 0.191 e. The second kappa shape index (κ2) is 7.31. The van der Waals surface area contributed by atoms with E-state index < -0.39 is 0 Å². The fraction of sp³-hybridized carbons (Fsp3) is 0.105. The van der Waals surface area contributed by atoms with E-state index in [4.69, 9.17) is 0 Å². The van der Waals surface area contributed by atoms with Gasteiger partial charge in [-0.1, -0.05) is 11.8 Å². The number of aryl methyl sites for hydroxylation is 1. The fourth-order valence-electron chi connectivity index (χ4n) is 2.54. The molecule has 0 aliphatic rings. The van der Waals surface area contributed by atoms with Gasteiger partial charge in [-0.3, -0.25) is 4.98 Å². The van der Waals surface area contributed by atoms with Crippen LogP contribution in [0.2, 0.25) is 0 Å². The summed E-state index contributed by atoms with van der Waals surface area (Å²) in [5, 5.41) is 12.2. The molecule has 7 heteroatoms. The second-order valence-electron chi connectivity index (χ2n) is 5.67. The van der Waals surface area contributed by atoms with Gasteiger partial charge in [0.1, 0.15) is 0 Å². The summed E-state index contributed by atoms with van der Waals surface area (Å²) in [6.45, 7) is 2.11. The fourth-order valence-corrected chi connectivity index (χ4v) is 3.88. The molecule has 0 bridgehead atoms. The first-order valence-corrected chi connectivity index (χ1v) is 10.2. The van der Waals surface area contributed by atoms with Crippen LogP contribution in [0.4, 0.5) is 10.7 Å². The topological polar surface area (TPSA) is 55.6 Å². The van der Waals surface area contributed by atoms with Crippen LogP contribution in [0, 0.1) is 6.92 Å². The molecule has 0 atom stereocenters. The Balaban J connectivity index is 1.63. The Labute approximate surface area is 160 Å². The smallest absolute Gasteiger partial charge is 0.191 e. The number of hydrogen-bond donors (Lipinski definition) is 1. The number of anilines is 2. The van der Waals surface area contributed by atoms with Crippen LogP contribution in [0.5, 0.6) is 0 Å². The van der Waals surface area contributed by atoms with Gasteiger partial charge >= 0.3 is 0 Å². The second-order valence-corrected chi connectivity index (χ2v) is 7.36. The molecule has 0 fully saturated rings. The molecule has 4 rings (SSSR count). The molecule has 1 N–H and O–H groups in total. The van der Waals surface area contributed by atoms with E-state index in [2.05, 4.69) is 63.0 Å². The highest BCUT2D eigenvalue weighted by atomic mass is 32.2. The summed E-state index contributed by atoms with van der Waals surface area (Å²) >= 11 is 3.28. The van der Waals surface area contributed by atoms with E-state index >= 15 is 0 Å². The summed E-state index contributed by atoms with van der Waals surface area (Å²) in [6, 6.07) is 14.2. The van der Waals surface area contributed by atoms with E-state index in [1.54, 1.807) is 35.5 Å². The third-order valence-corrected chi connectivity index (χ3v) is 5.49. The molecule has 130 valence electrons. The van der Waals surface area contributed by atoms with Crippen molar-refractivity contribution in [1.82, 2.24) is 19.7 Å². The van der Waals surface area contributed by atoms with Crippen LogP contribution in [0.3, 0.4) is 0 Å². The van der Waals surface area contributed by atoms with Crippen molar-refractivity contribution in [3.8, 4) is 17.1 Å². The molecule has 5 nitrogen and oxygen atoms in total. The maximum absolute atomic E-state index is 4.68. The quantitative estimate of drug-likeness (QED) is 0.485. The predicted molar refractivity (Wildman–Crippen MR) is 109 cm³/mol. The first kappa shape index (κ1) is 16.8. The monoisotopic (exact) mass is 379 g/mol. The molecular weight excluding hydrogens is 362 g/mol. The van der Waals surface area contributed by atoms with Crippen molar-refractivity contribution in [1.29, 1.82) is 0 Å². The summed E-state index contributed by atoms with van der Waals surface area (Å²) in [4.78, 5) is 8.69. The molecule has 0 unspecified atom stereocenters. The number of benzene rings is 1. The van der Waals surface area contributed by atoms with E-state index in [-0.39, 0.29) is 0 Å².